The van der Waals surface area contributed by atoms with Crippen molar-refractivity contribution in [2.24, 2.45) is 0 Å². The first-order valence-corrected chi connectivity index (χ1v) is 5.29. The molecule has 1 N–H and O–H groups in total. The Morgan fingerprint density at radius 1 is 1.50 bits per heavy atom. The largest absolute Gasteiger partial charge is 0.393 e. The Kier molecular flexibility index (Phi) is 4.43. The molecule has 0 heterocycles. The van der Waals surface area contributed by atoms with Crippen molar-refractivity contribution in [3.05, 3.63) is 40.8 Å². The van der Waals surface area contributed by atoms with E-state index in [1.165, 1.54) is 0 Å². The SMILES string of the molecule is CCC(O)C[CH]c1cccc(C)c1Cl. The van der Waals surface area contributed by atoms with Crippen molar-refractivity contribution in [2.45, 2.75) is 32.8 Å². The minimum absolute atomic E-state index is 0.258. The summed E-state index contributed by atoms with van der Waals surface area (Å²) in [5, 5.41) is 10.2. The molecule has 0 fully saturated rings. The molecule has 2 heteroatoms. The van der Waals surface area contributed by atoms with Crippen LogP contribution in [-0.2, 0) is 0 Å². The van der Waals surface area contributed by atoms with Gasteiger partial charge in [-0.05, 0) is 37.3 Å². The van der Waals surface area contributed by atoms with Crippen molar-refractivity contribution in [3.8, 4) is 0 Å². The molecule has 0 saturated carbocycles. The lowest BCUT2D eigenvalue weighted by Crippen LogP contribution is -2.04. The highest BCUT2D eigenvalue weighted by atomic mass is 35.5. The minimum atomic E-state index is -0.258. The smallest absolute Gasteiger partial charge is 0.0543 e. The third kappa shape index (κ3) is 3.00. The predicted molar refractivity (Wildman–Crippen MR) is 60.5 cm³/mol. The standard InChI is InChI=1S/C12H16ClO/c1-3-11(14)8-7-10-6-4-5-9(2)12(10)13/h4-7,11,14H,3,8H2,1-2H3. The highest BCUT2D eigenvalue weighted by Gasteiger charge is 2.06. The van der Waals surface area contributed by atoms with E-state index in [9.17, 15) is 5.11 Å². The van der Waals surface area contributed by atoms with Crippen LogP contribution in [0.15, 0.2) is 18.2 Å². The Morgan fingerprint density at radius 3 is 2.86 bits per heavy atom. The van der Waals surface area contributed by atoms with Crippen LogP contribution in [-0.4, -0.2) is 11.2 Å². The summed E-state index contributed by atoms with van der Waals surface area (Å²) < 4.78 is 0. The van der Waals surface area contributed by atoms with Gasteiger partial charge in [0, 0.05) is 5.02 Å². The Bertz CT molecular complexity index is 296. The summed E-state index contributed by atoms with van der Waals surface area (Å²) in [6.07, 6.45) is 3.18. The molecule has 1 aromatic rings. The first kappa shape index (κ1) is 11.5. The van der Waals surface area contributed by atoms with Crippen LogP contribution in [0.5, 0.6) is 0 Å². The van der Waals surface area contributed by atoms with Crippen molar-refractivity contribution in [1.82, 2.24) is 0 Å². The molecule has 1 aromatic carbocycles. The van der Waals surface area contributed by atoms with E-state index in [-0.39, 0.29) is 6.10 Å². The molecule has 1 atom stereocenters. The molecule has 0 aliphatic rings. The van der Waals surface area contributed by atoms with Crippen LogP contribution in [0.3, 0.4) is 0 Å². The average Bonchev–Trinajstić information content (AvgIpc) is 2.20. The van der Waals surface area contributed by atoms with Gasteiger partial charge in [-0.25, -0.2) is 0 Å². The molecule has 0 aromatic heterocycles. The molecule has 0 saturated heterocycles. The van der Waals surface area contributed by atoms with Gasteiger partial charge in [0.05, 0.1) is 6.10 Å². The van der Waals surface area contributed by atoms with Crippen LogP contribution in [0.1, 0.15) is 30.9 Å². The van der Waals surface area contributed by atoms with Gasteiger partial charge in [-0.2, -0.15) is 0 Å². The van der Waals surface area contributed by atoms with E-state index in [2.05, 4.69) is 0 Å². The number of hydrogen-bond acceptors (Lipinski definition) is 1. The summed E-state index contributed by atoms with van der Waals surface area (Å²) in [6, 6.07) is 5.93. The van der Waals surface area contributed by atoms with Gasteiger partial charge in [-0.1, -0.05) is 36.7 Å². The summed E-state index contributed by atoms with van der Waals surface area (Å²) in [5.41, 5.74) is 2.09. The van der Waals surface area contributed by atoms with Gasteiger partial charge in [-0.15, -0.1) is 0 Å². The maximum atomic E-state index is 9.41. The van der Waals surface area contributed by atoms with Gasteiger partial charge in [0.15, 0.2) is 0 Å². The van der Waals surface area contributed by atoms with Gasteiger partial charge in [0.2, 0.25) is 0 Å². The quantitative estimate of drug-likeness (QED) is 0.810. The van der Waals surface area contributed by atoms with E-state index in [0.29, 0.717) is 6.42 Å². The molecule has 0 spiro atoms. The second-order valence-corrected chi connectivity index (χ2v) is 3.86. The van der Waals surface area contributed by atoms with Crippen LogP contribution in [0.4, 0.5) is 0 Å². The van der Waals surface area contributed by atoms with E-state index in [1.807, 2.05) is 38.5 Å². The van der Waals surface area contributed by atoms with Crippen molar-refractivity contribution in [1.29, 1.82) is 0 Å². The molecule has 14 heavy (non-hydrogen) atoms. The lowest BCUT2D eigenvalue weighted by molar-refractivity contribution is 0.170. The van der Waals surface area contributed by atoms with Crippen LogP contribution < -0.4 is 0 Å². The van der Waals surface area contributed by atoms with Crippen molar-refractivity contribution >= 4 is 11.6 Å². The topological polar surface area (TPSA) is 20.2 Å². The Balaban J connectivity index is 2.63. The molecular formula is C12H16ClO. The van der Waals surface area contributed by atoms with Crippen molar-refractivity contribution in [3.63, 3.8) is 0 Å². The number of rotatable bonds is 4. The van der Waals surface area contributed by atoms with E-state index in [4.69, 9.17) is 11.6 Å². The fourth-order valence-electron chi connectivity index (χ4n) is 1.26. The summed E-state index contributed by atoms with van der Waals surface area (Å²) in [5.74, 6) is 0. The first-order valence-electron chi connectivity index (χ1n) is 4.91. The lowest BCUT2D eigenvalue weighted by Gasteiger charge is -2.09. The van der Waals surface area contributed by atoms with E-state index >= 15 is 0 Å². The molecular weight excluding hydrogens is 196 g/mol. The zero-order valence-corrected chi connectivity index (χ0v) is 9.38. The molecule has 0 aliphatic heterocycles. The molecule has 0 amide bonds. The van der Waals surface area contributed by atoms with Crippen LogP contribution in [0, 0.1) is 13.3 Å². The second-order valence-electron chi connectivity index (χ2n) is 3.48. The lowest BCUT2D eigenvalue weighted by atomic mass is 10.0. The average molecular weight is 212 g/mol. The third-order valence-electron chi connectivity index (χ3n) is 2.30. The molecule has 0 aliphatic carbocycles. The Morgan fingerprint density at radius 2 is 2.21 bits per heavy atom. The molecule has 1 unspecified atom stereocenters. The van der Waals surface area contributed by atoms with Gasteiger partial charge in [-0.3, -0.25) is 0 Å². The van der Waals surface area contributed by atoms with Crippen molar-refractivity contribution < 1.29 is 5.11 Å². The fraction of sp³-hybridized carbons (Fsp3) is 0.417. The summed E-state index contributed by atoms with van der Waals surface area (Å²) in [7, 11) is 0. The number of aryl methyl sites for hydroxylation is 1. The first-order chi connectivity index (χ1) is 6.65. The van der Waals surface area contributed by atoms with Gasteiger partial charge in [0.25, 0.3) is 0 Å². The van der Waals surface area contributed by atoms with Crippen LogP contribution >= 0.6 is 11.6 Å². The summed E-state index contributed by atoms with van der Waals surface area (Å²) in [6.45, 7) is 3.95. The number of hydrogen-bond donors (Lipinski definition) is 1. The fourth-order valence-corrected chi connectivity index (χ4v) is 1.46. The van der Waals surface area contributed by atoms with Crippen LogP contribution in [0.25, 0.3) is 0 Å². The summed E-state index contributed by atoms with van der Waals surface area (Å²) >= 11 is 6.11. The number of aliphatic hydroxyl groups is 1. The molecule has 77 valence electrons. The van der Waals surface area contributed by atoms with Crippen molar-refractivity contribution in [2.75, 3.05) is 0 Å². The van der Waals surface area contributed by atoms with Gasteiger partial charge in [0.1, 0.15) is 0 Å². The van der Waals surface area contributed by atoms with Gasteiger partial charge < -0.3 is 5.11 Å². The number of halogens is 1. The van der Waals surface area contributed by atoms with Gasteiger partial charge >= 0.3 is 0 Å². The second kappa shape index (κ2) is 5.38. The summed E-state index contributed by atoms with van der Waals surface area (Å²) in [4.78, 5) is 0. The molecule has 1 nitrogen and oxygen atoms in total. The monoisotopic (exact) mass is 211 g/mol. The zero-order chi connectivity index (χ0) is 10.6. The molecule has 1 radical (unpaired) electrons. The predicted octanol–water partition coefficient (Wildman–Crippen LogP) is 3.36. The van der Waals surface area contributed by atoms with E-state index in [1.54, 1.807) is 0 Å². The molecule has 0 bridgehead atoms. The molecule has 1 rings (SSSR count). The third-order valence-corrected chi connectivity index (χ3v) is 2.82. The maximum Gasteiger partial charge on any atom is 0.0543 e. The van der Waals surface area contributed by atoms with Crippen LogP contribution in [0.2, 0.25) is 5.02 Å². The Labute approximate surface area is 90.7 Å². The minimum Gasteiger partial charge on any atom is -0.393 e. The van der Waals surface area contributed by atoms with E-state index < -0.39 is 0 Å². The zero-order valence-electron chi connectivity index (χ0n) is 8.63. The number of benzene rings is 1. The van der Waals surface area contributed by atoms with E-state index in [0.717, 1.165) is 22.6 Å². The highest BCUT2D eigenvalue weighted by Crippen LogP contribution is 2.23. The Hall–Kier alpha value is -0.530. The normalized spacial score (nSPS) is 12.9. The number of aliphatic hydroxyl groups excluding tert-OH is 1. The maximum absolute atomic E-state index is 9.41. The highest BCUT2D eigenvalue weighted by molar-refractivity contribution is 6.32.